The van der Waals surface area contributed by atoms with Crippen LogP contribution in [0.15, 0.2) is 24.4 Å². The molecule has 1 aromatic rings. The molecular formula is C12H17N3O2. The number of nitrogens with zero attached hydrogens (tertiary/aromatic N) is 1. The topological polar surface area (TPSA) is 63.2 Å². The summed E-state index contributed by atoms with van der Waals surface area (Å²) in [5.74, 6) is -0.0390. The maximum absolute atomic E-state index is 11.9. The Kier molecular flexibility index (Phi) is 4.06. The van der Waals surface area contributed by atoms with Gasteiger partial charge in [-0.05, 0) is 19.1 Å². The van der Waals surface area contributed by atoms with Gasteiger partial charge in [-0.2, -0.15) is 0 Å². The summed E-state index contributed by atoms with van der Waals surface area (Å²) in [5.41, 5.74) is 0.859. The number of carbonyl (C=O) groups excluding carboxylic acids is 1. The lowest BCUT2D eigenvalue weighted by Crippen LogP contribution is -2.51. The first-order valence-corrected chi connectivity index (χ1v) is 5.80. The molecular weight excluding hydrogens is 218 g/mol. The zero-order chi connectivity index (χ0) is 12.1. The highest BCUT2D eigenvalue weighted by molar-refractivity contribution is 5.82. The minimum atomic E-state index is -0.255. The fraction of sp³-hybridized carbons (Fsp3) is 0.500. The van der Waals surface area contributed by atoms with Gasteiger partial charge >= 0.3 is 0 Å². The first-order valence-electron chi connectivity index (χ1n) is 5.80. The molecule has 0 aliphatic carbocycles. The summed E-state index contributed by atoms with van der Waals surface area (Å²) in [4.78, 5) is 16.1. The van der Waals surface area contributed by atoms with Gasteiger partial charge in [-0.25, -0.2) is 0 Å². The monoisotopic (exact) mass is 235 g/mol. The zero-order valence-corrected chi connectivity index (χ0v) is 9.85. The van der Waals surface area contributed by atoms with E-state index in [0.717, 1.165) is 12.2 Å². The molecule has 1 fully saturated rings. The van der Waals surface area contributed by atoms with Gasteiger partial charge in [-0.1, -0.05) is 6.07 Å². The summed E-state index contributed by atoms with van der Waals surface area (Å²) < 4.78 is 5.25. The molecule has 2 rings (SSSR count). The lowest BCUT2D eigenvalue weighted by Gasteiger charge is -2.24. The van der Waals surface area contributed by atoms with E-state index in [4.69, 9.17) is 4.74 Å². The molecule has 5 nitrogen and oxygen atoms in total. The van der Waals surface area contributed by atoms with Gasteiger partial charge in [0.1, 0.15) is 6.04 Å². The van der Waals surface area contributed by atoms with Crippen molar-refractivity contribution in [3.8, 4) is 0 Å². The largest absolute Gasteiger partial charge is 0.378 e. The third kappa shape index (κ3) is 3.25. The van der Waals surface area contributed by atoms with Crippen molar-refractivity contribution in [3.63, 3.8) is 0 Å². The van der Waals surface area contributed by atoms with E-state index >= 15 is 0 Å². The van der Waals surface area contributed by atoms with E-state index in [2.05, 4.69) is 15.6 Å². The second-order valence-electron chi connectivity index (χ2n) is 4.07. The fourth-order valence-electron chi connectivity index (χ4n) is 1.75. The molecule has 0 aromatic carbocycles. The highest BCUT2D eigenvalue weighted by Gasteiger charge is 2.22. The third-order valence-corrected chi connectivity index (χ3v) is 2.73. The number of hydrogen-bond acceptors (Lipinski definition) is 4. The Morgan fingerprint density at radius 1 is 1.65 bits per heavy atom. The molecule has 1 aliphatic rings. The molecule has 1 unspecified atom stereocenters. The smallest absolute Gasteiger partial charge is 0.240 e. The number of rotatable bonds is 3. The van der Waals surface area contributed by atoms with Gasteiger partial charge in [0.2, 0.25) is 5.91 Å². The van der Waals surface area contributed by atoms with Crippen molar-refractivity contribution in [2.45, 2.75) is 19.0 Å². The molecule has 2 N–H and O–H groups in total. The van der Waals surface area contributed by atoms with Gasteiger partial charge in [0.05, 0.1) is 24.9 Å². The summed E-state index contributed by atoms with van der Waals surface area (Å²) in [5, 5.41) is 6.04. The Labute approximate surface area is 101 Å². The summed E-state index contributed by atoms with van der Waals surface area (Å²) >= 11 is 0. The Bertz CT molecular complexity index is 363. The van der Waals surface area contributed by atoms with Crippen molar-refractivity contribution in [2.75, 3.05) is 19.8 Å². The second kappa shape index (κ2) is 5.75. The predicted molar refractivity (Wildman–Crippen MR) is 63.4 cm³/mol. The first-order chi connectivity index (χ1) is 8.27. The molecule has 92 valence electrons. The van der Waals surface area contributed by atoms with Crippen molar-refractivity contribution in [1.29, 1.82) is 0 Å². The van der Waals surface area contributed by atoms with Crippen LogP contribution in [0.1, 0.15) is 18.7 Å². The van der Waals surface area contributed by atoms with Gasteiger partial charge in [0.15, 0.2) is 0 Å². The van der Waals surface area contributed by atoms with E-state index in [-0.39, 0.29) is 18.0 Å². The van der Waals surface area contributed by atoms with E-state index in [1.165, 1.54) is 0 Å². The van der Waals surface area contributed by atoms with E-state index in [9.17, 15) is 4.79 Å². The maximum atomic E-state index is 11.9. The second-order valence-corrected chi connectivity index (χ2v) is 4.07. The van der Waals surface area contributed by atoms with Gasteiger partial charge in [0.25, 0.3) is 0 Å². The van der Waals surface area contributed by atoms with Gasteiger partial charge < -0.3 is 15.4 Å². The normalized spacial score (nSPS) is 21.8. The predicted octanol–water partition coefficient (Wildman–Crippen LogP) is 0.247. The van der Waals surface area contributed by atoms with Crippen LogP contribution < -0.4 is 10.6 Å². The number of morpholine rings is 1. The van der Waals surface area contributed by atoms with Crippen LogP contribution in [0.2, 0.25) is 0 Å². The van der Waals surface area contributed by atoms with Crippen LogP contribution in [0.5, 0.6) is 0 Å². The Balaban J connectivity index is 1.89. The third-order valence-electron chi connectivity index (χ3n) is 2.73. The number of hydrogen-bond donors (Lipinski definition) is 2. The van der Waals surface area contributed by atoms with Crippen LogP contribution in [0.3, 0.4) is 0 Å². The van der Waals surface area contributed by atoms with Crippen LogP contribution in [0, 0.1) is 0 Å². The van der Waals surface area contributed by atoms with Crippen molar-refractivity contribution < 1.29 is 9.53 Å². The molecule has 5 heteroatoms. The van der Waals surface area contributed by atoms with Crippen molar-refractivity contribution in [2.24, 2.45) is 0 Å². The Morgan fingerprint density at radius 2 is 2.53 bits per heavy atom. The summed E-state index contributed by atoms with van der Waals surface area (Å²) in [6.07, 6.45) is 1.72. The average molecular weight is 235 g/mol. The molecule has 0 saturated carbocycles. The molecule has 1 amide bonds. The molecule has 17 heavy (non-hydrogen) atoms. The fourth-order valence-corrected chi connectivity index (χ4v) is 1.75. The molecule has 1 saturated heterocycles. The minimum Gasteiger partial charge on any atom is -0.378 e. The maximum Gasteiger partial charge on any atom is 0.240 e. The van der Waals surface area contributed by atoms with Crippen LogP contribution in [-0.4, -0.2) is 36.7 Å². The number of aromatic nitrogens is 1. The Morgan fingerprint density at radius 3 is 3.18 bits per heavy atom. The van der Waals surface area contributed by atoms with Crippen LogP contribution in [0.4, 0.5) is 0 Å². The highest BCUT2D eigenvalue weighted by Crippen LogP contribution is 2.08. The Hall–Kier alpha value is -1.46. The van der Waals surface area contributed by atoms with Gasteiger partial charge in [-0.3, -0.25) is 9.78 Å². The number of nitrogens with one attached hydrogen (secondary N) is 2. The zero-order valence-electron chi connectivity index (χ0n) is 9.85. The number of ether oxygens (including phenoxy) is 1. The highest BCUT2D eigenvalue weighted by atomic mass is 16.5. The van der Waals surface area contributed by atoms with E-state index in [1.807, 2.05) is 25.1 Å². The SMILES string of the molecule is C[C@H](NC(=O)C1COCCN1)c1ccccn1. The quantitative estimate of drug-likeness (QED) is 0.788. The molecule has 1 aliphatic heterocycles. The number of amides is 1. The number of carbonyl (C=O) groups is 1. The van der Waals surface area contributed by atoms with Crippen LogP contribution in [0.25, 0.3) is 0 Å². The van der Waals surface area contributed by atoms with E-state index in [1.54, 1.807) is 6.20 Å². The average Bonchev–Trinajstić information content (AvgIpc) is 2.40. The molecule has 0 spiro atoms. The van der Waals surface area contributed by atoms with Gasteiger partial charge in [0, 0.05) is 12.7 Å². The molecule has 1 aromatic heterocycles. The minimum absolute atomic E-state index is 0.0390. The van der Waals surface area contributed by atoms with Crippen molar-refractivity contribution >= 4 is 5.91 Å². The molecule has 0 bridgehead atoms. The van der Waals surface area contributed by atoms with E-state index in [0.29, 0.717) is 13.2 Å². The number of pyridine rings is 1. The molecule has 2 atom stereocenters. The molecule has 0 radical (unpaired) electrons. The summed E-state index contributed by atoms with van der Waals surface area (Å²) in [6, 6.07) is 5.32. The summed E-state index contributed by atoms with van der Waals surface area (Å²) in [6.45, 7) is 3.74. The van der Waals surface area contributed by atoms with Gasteiger partial charge in [-0.15, -0.1) is 0 Å². The lowest BCUT2D eigenvalue weighted by molar-refractivity contribution is -0.126. The van der Waals surface area contributed by atoms with Crippen LogP contribution >= 0.6 is 0 Å². The van der Waals surface area contributed by atoms with E-state index < -0.39 is 0 Å². The van der Waals surface area contributed by atoms with Crippen LogP contribution in [-0.2, 0) is 9.53 Å². The standard InChI is InChI=1S/C12H17N3O2/c1-9(10-4-2-3-5-13-10)15-12(16)11-8-17-7-6-14-11/h2-5,9,11,14H,6-8H2,1H3,(H,15,16)/t9-,11?/m0/s1. The summed E-state index contributed by atoms with van der Waals surface area (Å²) in [7, 11) is 0. The van der Waals surface area contributed by atoms with Crippen molar-refractivity contribution in [3.05, 3.63) is 30.1 Å². The van der Waals surface area contributed by atoms with Crippen molar-refractivity contribution in [1.82, 2.24) is 15.6 Å². The lowest BCUT2D eigenvalue weighted by atomic mass is 10.2. The first kappa shape index (κ1) is 12.0. The molecule has 2 heterocycles.